The number of hydrogen-bond donors (Lipinski definition) is 8. The van der Waals surface area contributed by atoms with Crippen molar-refractivity contribution in [2.45, 2.75) is 62.9 Å². The first-order valence-corrected chi connectivity index (χ1v) is 11.8. The standard InChI is InChI=1S/C24H33N7O7/c1-13(32)20(23(36)30-18(24(37)38)9-14-5-3-2-4-6-14)31-22(35)17(10-15-11-27-12-28-15)29-21(34)16(25)7-8-19(26)33/h2-6,11-13,16-18,20,32H,7-10,25H2,1H3,(H2,26,33)(H,27,28)(H,29,34)(H,30,36)(H,31,35)(H,37,38). The van der Waals surface area contributed by atoms with Crippen LogP contribution < -0.4 is 27.4 Å². The number of amides is 4. The Hall–Kier alpha value is -4.30. The zero-order valence-electron chi connectivity index (χ0n) is 20.8. The summed E-state index contributed by atoms with van der Waals surface area (Å²) in [5.41, 5.74) is 12.0. The number of carboxylic acid groups (broad SMARTS) is 1. The molecule has 2 aromatic rings. The molecule has 5 atom stereocenters. The van der Waals surface area contributed by atoms with Crippen LogP contribution in [0.3, 0.4) is 0 Å². The highest BCUT2D eigenvalue weighted by Crippen LogP contribution is 2.06. The molecule has 14 nitrogen and oxygen atoms in total. The molecule has 1 heterocycles. The Balaban J connectivity index is 2.14. The first-order valence-electron chi connectivity index (χ1n) is 11.8. The zero-order chi connectivity index (χ0) is 28.2. The third-order valence-corrected chi connectivity index (χ3v) is 5.61. The molecule has 10 N–H and O–H groups in total. The lowest BCUT2D eigenvalue weighted by molar-refractivity contribution is -0.143. The van der Waals surface area contributed by atoms with Crippen LogP contribution in [-0.4, -0.2) is 80.1 Å². The molecule has 0 aliphatic rings. The number of carboxylic acids is 1. The fourth-order valence-corrected chi connectivity index (χ4v) is 3.50. The van der Waals surface area contributed by atoms with Crippen molar-refractivity contribution in [1.29, 1.82) is 0 Å². The third-order valence-electron chi connectivity index (χ3n) is 5.61. The first-order chi connectivity index (χ1) is 18.0. The highest BCUT2D eigenvalue weighted by molar-refractivity contribution is 5.94. The molecule has 0 spiro atoms. The maximum Gasteiger partial charge on any atom is 0.326 e. The molecular weight excluding hydrogens is 498 g/mol. The minimum atomic E-state index is -1.54. The average molecular weight is 532 g/mol. The zero-order valence-corrected chi connectivity index (χ0v) is 20.8. The molecule has 0 aliphatic carbocycles. The van der Waals surface area contributed by atoms with Crippen molar-refractivity contribution >= 4 is 29.6 Å². The van der Waals surface area contributed by atoms with Crippen LogP contribution in [0.15, 0.2) is 42.9 Å². The highest BCUT2D eigenvalue weighted by Gasteiger charge is 2.33. The monoisotopic (exact) mass is 531 g/mol. The number of carbonyl (C=O) groups is 5. The van der Waals surface area contributed by atoms with Crippen LogP contribution in [0.5, 0.6) is 0 Å². The van der Waals surface area contributed by atoms with Crippen LogP contribution >= 0.6 is 0 Å². The molecular formula is C24H33N7O7. The maximum atomic E-state index is 13.1. The van der Waals surface area contributed by atoms with Gasteiger partial charge in [0.2, 0.25) is 23.6 Å². The summed E-state index contributed by atoms with van der Waals surface area (Å²) in [5.74, 6) is -4.45. The Morgan fingerprint density at radius 3 is 2.18 bits per heavy atom. The number of nitrogens with one attached hydrogen (secondary N) is 4. The molecule has 2 rings (SSSR count). The Morgan fingerprint density at radius 1 is 0.974 bits per heavy atom. The van der Waals surface area contributed by atoms with E-state index in [1.165, 1.54) is 19.4 Å². The molecule has 5 unspecified atom stereocenters. The van der Waals surface area contributed by atoms with Crippen LogP contribution in [-0.2, 0) is 36.8 Å². The number of aromatic amines is 1. The Bertz CT molecular complexity index is 1090. The van der Waals surface area contributed by atoms with Gasteiger partial charge in [0, 0.05) is 31.2 Å². The van der Waals surface area contributed by atoms with Gasteiger partial charge in [0.25, 0.3) is 0 Å². The number of H-pyrrole nitrogens is 1. The van der Waals surface area contributed by atoms with Gasteiger partial charge in [-0.05, 0) is 18.9 Å². The minimum absolute atomic E-state index is 0.0237. The van der Waals surface area contributed by atoms with Gasteiger partial charge in [-0.3, -0.25) is 19.2 Å². The van der Waals surface area contributed by atoms with Crippen molar-refractivity contribution in [3.05, 3.63) is 54.1 Å². The molecule has 0 radical (unpaired) electrons. The largest absolute Gasteiger partial charge is 0.480 e. The molecule has 1 aromatic heterocycles. The van der Waals surface area contributed by atoms with Crippen molar-refractivity contribution in [2.75, 3.05) is 0 Å². The normalized spacial score (nSPS) is 14.8. The van der Waals surface area contributed by atoms with Gasteiger partial charge in [-0.15, -0.1) is 0 Å². The minimum Gasteiger partial charge on any atom is -0.480 e. The van der Waals surface area contributed by atoms with Gasteiger partial charge in [0.05, 0.1) is 18.5 Å². The molecule has 0 saturated carbocycles. The number of hydrogen-bond acceptors (Lipinski definition) is 8. The van der Waals surface area contributed by atoms with Crippen LogP contribution in [0.1, 0.15) is 31.0 Å². The van der Waals surface area contributed by atoms with Crippen LogP contribution in [0, 0.1) is 0 Å². The number of carbonyl (C=O) groups excluding carboxylic acids is 4. The molecule has 0 fully saturated rings. The first kappa shape index (κ1) is 29.9. The SMILES string of the molecule is CC(O)C(NC(=O)C(Cc1cnc[nH]1)NC(=O)C(N)CCC(N)=O)C(=O)NC(Cc1ccccc1)C(=O)O. The van der Waals surface area contributed by atoms with E-state index in [2.05, 4.69) is 25.9 Å². The van der Waals surface area contributed by atoms with Gasteiger partial charge >= 0.3 is 5.97 Å². The summed E-state index contributed by atoms with van der Waals surface area (Å²) in [6, 6.07) is 3.36. The number of imidazole rings is 1. The van der Waals surface area contributed by atoms with Crippen molar-refractivity contribution in [2.24, 2.45) is 11.5 Å². The molecule has 14 heteroatoms. The van der Waals surface area contributed by atoms with Gasteiger partial charge in [-0.25, -0.2) is 9.78 Å². The van der Waals surface area contributed by atoms with E-state index in [4.69, 9.17) is 11.5 Å². The van der Waals surface area contributed by atoms with Crippen molar-refractivity contribution in [3.63, 3.8) is 0 Å². The summed E-state index contributed by atoms with van der Waals surface area (Å²) in [6.07, 6.45) is 1.12. The second kappa shape index (κ2) is 14.4. The maximum absolute atomic E-state index is 13.1. The van der Waals surface area contributed by atoms with E-state index >= 15 is 0 Å². The fraction of sp³-hybridized carbons (Fsp3) is 0.417. The number of nitrogens with zero attached hydrogens (tertiary/aromatic N) is 1. The van der Waals surface area contributed by atoms with Gasteiger partial charge in [-0.2, -0.15) is 0 Å². The van der Waals surface area contributed by atoms with Gasteiger partial charge < -0.3 is 42.6 Å². The van der Waals surface area contributed by atoms with E-state index in [1.807, 2.05) is 0 Å². The van der Waals surface area contributed by atoms with Gasteiger partial charge in [0.1, 0.15) is 18.1 Å². The number of rotatable bonds is 15. The van der Waals surface area contributed by atoms with E-state index in [0.29, 0.717) is 11.3 Å². The molecule has 0 saturated heterocycles. The number of benzene rings is 1. The molecule has 206 valence electrons. The lowest BCUT2D eigenvalue weighted by Crippen LogP contribution is -2.60. The second-order valence-electron chi connectivity index (χ2n) is 8.77. The number of nitrogens with two attached hydrogens (primary N) is 2. The van der Waals surface area contributed by atoms with Crippen molar-refractivity contribution in [1.82, 2.24) is 25.9 Å². The Morgan fingerprint density at radius 2 is 1.63 bits per heavy atom. The van der Waals surface area contributed by atoms with Gasteiger partial charge in [0.15, 0.2) is 0 Å². The van der Waals surface area contributed by atoms with E-state index < -0.39 is 59.9 Å². The van der Waals surface area contributed by atoms with Crippen LogP contribution in [0.4, 0.5) is 0 Å². The fourth-order valence-electron chi connectivity index (χ4n) is 3.50. The van der Waals surface area contributed by atoms with E-state index in [9.17, 15) is 34.2 Å². The number of primary amides is 1. The Kier molecular flexibility index (Phi) is 11.4. The van der Waals surface area contributed by atoms with Crippen LogP contribution in [0.25, 0.3) is 0 Å². The number of aliphatic carboxylic acids is 1. The van der Waals surface area contributed by atoms with Crippen LogP contribution in [0.2, 0.25) is 0 Å². The summed E-state index contributed by atoms with van der Waals surface area (Å²) < 4.78 is 0. The second-order valence-corrected chi connectivity index (χ2v) is 8.77. The summed E-state index contributed by atoms with van der Waals surface area (Å²) >= 11 is 0. The number of aromatic nitrogens is 2. The van der Waals surface area contributed by atoms with Crippen molar-refractivity contribution < 1.29 is 34.2 Å². The van der Waals surface area contributed by atoms with Crippen molar-refractivity contribution in [3.8, 4) is 0 Å². The van der Waals surface area contributed by atoms with E-state index in [1.54, 1.807) is 30.3 Å². The predicted molar refractivity (Wildman–Crippen MR) is 134 cm³/mol. The molecule has 0 bridgehead atoms. The van der Waals surface area contributed by atoms with Gasteiger partial charge in [-0.1, -0.05) is 30.3 Å². The number of aliphatic hydroxyl groups is 1. The van der Waals surface area contributed by atoms with E-state index in [0.717, 1.165) is 0 Å². The highest BCUT2D eigenvalue weighted by atomic mass is 16.4. The quantitative estimate of drug-likeness (QED) is 0.123. The third kappa shape index (κ3) is 9.63. The lowest BCUT2D eigenvalue weighted by Gasteiger charge is -2.26. The number of aliphatic hydroxyl groups excluding tert-OH is 1. The summed E-state index contributed by atoms with van der Waals surface area (Å²) in [7, 11) is 0. The molecule has 0 aliphatic heterocycles. The summed E-state index contributed by atoms with van der Waals surface area (Å²) in [6.45, 7) is 1.25. The summed E-state index contributed by atoms with van der Waals surface area (Å²) in [5, 5.41) is 27.0. The Labute approximate surface area is 218 Å². The smallest absolute Gasteiger partial charge is 0.326 e. The molecule has 4 amide bonds. The molecule has 38 heavy (non-hydrogen) atoms. The average Bonchev–Trinajstić information content (AvgIpc) is 3.38. The topological polar surface area (TPSA) is 243 Å². The van der Waals surface area contributed by atoms with E-state index in [-0.39, 0.29) is 25.7 Å². The lowest BCUT2D eigenvalue weighted by atomic mass is 10.0. The predicted octanol–water partition coefficient (Wildman–Crippen LogP) is -2.29. The molecule has 1 aromatic carbocycles. The summed E-state index contributed by atoms with van der Waals surface area (Å²) in [4.78, 5) is 68.0.